The van der Waals surface area contributed by atoms with Gasteiger partial charge in [-0.15, -0.1) is 0 Å². The van der Waals surface area contributed by atoms with Gasteiger partial charge >= 0.3 is 0 Å². The zero-order valence-corrected chi connectivity index (χ0v) is 9.80. The van der Waals surface area contributed by atoms with Crippen molar-refractivity contribution in [1.82, 2.24) is 0 Å². The van der Waals surface area contributed by atoms with Crippen molar-refractivity contribution >= 4 is 16.5 Å². The van der Waals surface area contributed by atoms with Crippen molar-refractivity contribution in [2.75, 3.05) is 5.73 Å². The topological polar surface area (TPSA) is 46.2 Å². The van der Waals surface area contributed by atoms with Gasteiger partial charge in [0.25, 0.3) is 0 Å². The summed E-state index contributed by atoms with van der Waals surface area (Å²) < 4.78 is 0. The molecule has 0 saturated heterocycles. The van der Waals surface area contributed by atoms with E-state index >= 15 is 0 Å². The lowest BCUT2D eigenvalue weighted by Crippen LogP contribution is -1.87. The Kier molecular flexibility index (Phi) is 2.41. The van der Waals surface area contributed by atoms with Crippen LogP contribution in [0, 0.1) is 0 Å². The van der Waals surface area contributed by atoms with E-state index in [0.717, 1.165) is 21.9 Å². The molecule has 0 heterocycles. The van der Waals surface area contributed by atoms with E-state index in [1.807, 2.05) is 54.6 Å². The third kappa shape index (κ3) is 1.68. The molecule has 0 saturated carbocycles. The maximum absolute atomic E-state index is 10.1. The summed E-state index contributed by atoms with van der Waals surface area (Å²) in [5, 5.41) is 12.0. The Balaban J connectivity index is 2.29. The Bertz CT molecular complexity index is 705. The molecular weight excluding hydrogens is 222 g/mol. The SMILES string of the molecule is Nc1cccc2cc(-c3ccccc3)c(O)cc12. The highest BCUT2D eigenvalue weighted by Gasteiger charge is 2.07. The quantitative estimate of drug-likeness (QED) is 0.630. The summed E-state index contributed by atoms with van der Waals surface area (Å²) in [4.78, 5) is 0. The van der Waals surface area contributed by atoms with E-state index in [1.165, 1.54) is 0 Å². The summed E-state index contributed by atoms with van der Waals surface area (Å²) in [5.74, 6) is 0.256. The van der Waals surface area contributed by atoms with Gasteiger partial charge in [-0.25, -0.2) is 0 Å². The number of fused-ring (bicyclic) bond motifs is 1. The highest BCUT2D eigenvalue weighted by molar-refractivity contribution is 5.97. The van der Waals surface area contributed by atoms with E-state index in [0.29, 0.717) is 5.69 Å². The number of rotatable bonds is 1. The molecule has 0 unspecified atom stereocenters. The summed E-state index contributed by atoms with van der Waals surface area (Å²) >= 11 is 0. The number of phenolic OH excluding ortho intramolecular Hbond substituents is 1. The van der Waals surface area contributed by atoms with E-state index < -0.39 is 0 Å². The number of hydrogen-bond acceptors (Lipinski definition) is 2. The van der Waals surface area contributed by atoms with Crippen molar-refractivity contribution in [3.8, 4) is 16.9 Å². The second-order valence-corrected chi connectivity index (χ2v) is 4.30. The molecule has 88 valence electrons. The normalized spacial score (nSPS) is 10.7. The second kappa shape index (κ2) is 4.08. The van der Waals surface area contributed by atoms with Crippen LogP contribution in [0.2, 0.25) is 0 Å². The lowest BCUT2D eigenvalue weighted by molar-refractivity contribution is 0.478. The van der Waals surface area contributed by atoms with Gasteiger partial charge in [0.1, 0.15) is 5.75 Å². The molecule has 3 rings (SSSR count). The summed E-state index contributed by atoms with van der Waals surface area (Å²) in [7, 11) is 0. The molecule has 3 aromatic rings. The van der Waals surface area contributed by atoms with E-state index in [1.54, 1.807) is 6.07 Å². The van der Waals surface area contributed by atoms with Crippen LogP contribution in [0.5, 0.6) is 5.75 Å². The van der Waals surface area contributed by atoms with Gasteiger partial charge in [0.2, 0.25) is 0 Å². The van der Waals surface area contributed by atoms with Gasteiger partial charge in [0.15, 0.2) is 0 Å². The number of anilines is 1. The Morgan fingerprint density at radius 2 is 1.61 bits per heavy atom. The fourth-order valence-corrected chi connectivity index (χ4v) is 2.19. The van der Waals surface area contributed by atoms with Crippen molar-refractivity contribution in [1.29, 1.82) is 0 Å². The molecule has 0 fully saturated rings. The highest BCUT2D eigenvalue weighted by Crippen LogP contribution is 2.34. The third-order valence-corrected chi connectivity index (χ3v) is 3.12. The average Bonchev–Trinajstić information content (AvgIpc) is 2.40. The lowest BCUT2D eigenvalue weighted by atomic mass is 9.99. The van der Waals surface area contributed by atoms with Gasteiger partial charge in [-0.2, -0.15) is 0 Å². The Morgan fingerprint density at radius 1 is 0.833 bits per heavy atom. The van der Waals surface area contributed by atoms with E-state index in [2.05, 4.69) is 0 Å². The van der Waals surface area contributed by atoms with Crippen molar-refractivity contribution in [3.05, 3.63) is 60.7 Å². The zero-order chi connectivity index (χ0) is 12.5. The molecule has 0 aromatic heterocycles. The smallest absolute Gasteiger partial charge is 0.124 e. The predicted molar refractivity (Wildman–Crippen MR) is 75.5 cm³/mol. The molecule has 0 bridgehead atoms. The number of phenols is 1. The van der Waals surface area contributed by atoms with Crippen LogP contribution in [-0.2, 0) is 0 Å². The minimum absolute atomic E-state index is 0.256. The van der Waals surface area contributed by atoms with Crippen LogP contribution in [0.25, 0.3) is 21.9 Å². The first kappa shape index (κ1) is 10.7. The van der Waals surface area contributed by atoms with E-state index in [4.69, 9.17) is 5.73 Å². The van der Waals surface area contributed by atoms with Crippen LogP contribution in [-0.4, -0.2) is 5.11 Å². The summed E-state index contributed by atoms with van der Waals surface area (Å²) in [6.07, 6.45) is 0. The van der Waals surface area contributed by atoms with Crippen LogP contribution in [0.3, 0.4) is 0 Å². The van der Waals surface area contributed by atoms with Gasteiger partial charge < -0.3 is 10.8 Å². The monoisotopic (exact) mass is 235 g/mol. The van der Waals surface area contributed by atoms with Crippen molar-refractivity contribution < 1.29 is 5.11 Å². The number of benzene rings is 3. The van der Waals surface area contributed by atoms with Crippen molar-refractivity contribution in [2.24, 2.45) is 0 Å². The molecule has 2 heteroatoms. The molecule has 0 aliphatic heterocycles. The molecule has 0 radical (unpaired) electrons. The third-order valence-electron chi connectivity index (χ3n) is 3.12. The van der Waals surface area contributed by atoms with Crippen molar-refractivity contribution in [3.63, 3.8) is 0 Å². The lowest BCUT2D eigenvalue weighted by Gasteiger charge is -2.08. The summed E-state index contributed by atoms with van der Waals surface area (Å²) in [6, 6.07) is 19.3. The molecule has 2 nitrogen and oxygen atoms in total. The first-order valence-corrected chi connectivity index (χ1v) is 5.82. The van der Waals surface area contributed by atoms with Gasteiger partial charge in [-0.3, -0.25) is 0 Å². The number of hydrogen-bond donors (Lipinski definition) is 2. The predicted octanol–water partition coefficient (Wildman–Crippen LogP) is 3.79. The van der Waals surface area contributed by atoms with Crippen LogP contribution < -0.4 is 5.73 Å². The Morgan fingerprint density at radius 3 is 2.39 bits per heavy atom. The largest absolute Gasteiger partial charge is 0.507 e. The molecule has 0 amide bonds. The molecule has 3 N–H and O–H groups in total. The minimum atomic E-state index is 0.256. The van der Waals surface area contributed by atoms with Crippen molar-refractivity contribution in [2.45, 2.75) is 0 Å². The second-order valence-electron chi connectivity index (χ2n) is 4.30. The first-order chi connectivity index (χ1) is 8.75. The number of nitrogen functional groups attached to an aromatic ring is 1. The zero-order valence-electron chi connectivity index (χ0n) is 9.80. The van der Waals surface area contributed by atoms with Crippen LogP contribution >= 0.6 is 0 Å². The molecule has 0 spiro atoms. The minimum Gasteiger partial charge on any atom is -0.507 e. The highest BCUT2D eigenvalue weighted by atomic mass is 16.3. The van der Waals surface area contributed by atoms with Gasteiger partial charge in [-0.1, -0.05) is 42.5 Å². The summed E-state index contributed by atoms with van der Waals surface area (Å²) in [6.45, 7) is 0. The Hall–Kier alpha value is -2.48. The van der Waals surface area contributed by atoms with Gasteiger partial charge in [0, 0.05) is 16.6 Å². The molecule has 0 aliphatic rings. The maximum atomic E-state index is 10.1. The van der Waals surface area contributed by atoms with Gasteiger partial charge in [0.05, 0.1) is 0 Å². The fourth-order valence-electron chi connectivity index (χ4n) is 2.19. The van der Waals surface area contributed by atoms with Crippen LogP contribution in [0.1, 0.15) is 0 Å². The number of nitrogens with two attached hydrogens (primary N) is 1. The fraction of sp³-hybridized carbons (Fsp3) is 0. The van der Waals surface area contributed by atoms with E-state index in [9.17, 15) is 5.11 Å². The standard InChI is InChI=1S/C16H13NO/c17-15-8-4-7-12-9-14(16(18)10-13(12)15)11-5-2-1-3-6-11/h1-10,18H,17H2. The van der Waals surface area contributed by atoms with E-state index in [-0.39, 0.29) is 5.75 Å². The molecule has 18 heavy (non-hydrogen) atoms. The average molecular weight is 235 g/mol. The maximum Gasteiger partial charge on any atom is 0.124 e. The number of aromatic hydroxyl groups is 1. The van der Waals surface area contributed by atoms with Gasteiger partial charge in [-0.05, 0) is 29.1 Å². The molecular formula is C16H13NO. The molecule has 0 aliphatic carbocycles. The molecule has 3 aromatic carbocycles. The Labute approximate surface area is 105 Å². The molecule has 0 atom stereocenters. The van der Waals surface area contributed by atoms with Crippen LogP contribution in [0.4, 0.5) is 5.69 Å². The van der Waals surface area contributed by atoms with Crippen LogP contribution in [0.15, 0.2) is 60.7 Å². The summed E-state index contributed by atoms with van der Waals surface area (Å²) in [5.41, 5.74) is 8.41. The first-order valence-electron chi connectivity index (χ1n) is 5.82.